The van der Waals surface area contributed by atoms with Crippen molar-refractivity contribution in [2.75, 3.05) is 6.61 Å². The van der Waals surface area contributed by atoms with Crippen molar-refractivity contribution in [2.45, 2.75) is 47.2 Å². The third-order valence-corrected chi connectivity index (χ3v) is 6.63. The Labute approximate surface area is 190 Å². The van der Waals surface area contributed by atoms with Gasteiger partial charge in [0.05, 0.1) is 34.1 Å². The fraction of sp³-hybridized carbons (Fsp3) is 0.333. The van der Waals surface area contributed by atoms with E-state index < -0.39 is 12.0 Å². The molecule has 4 rings (SSSR count). The topological polar surface area (TPSA) is 78.5 Å². The Morgan fingerprint density at radius 1 is 1.19 bits per heavy atom. The molecule has 166 valence electrons. The van der Waals surface area contributed by atoms with Gasteiger partial charge in [-0.25, -0.2) is 9.79 Å². The maximum absolute atomic E-state index is 13.6. The smallest absolute Gasteiger partial charge is 0.338 e. The summed E-state index contributed by atoms with van der Waals surface area (Å²) in [6.07, 6.45) is 1.89. The zero-order valence-corrected chi connectivity index (χ0v) is 19.7. The number of aryl methyl sites for hydroxylation is 2. The van der Waals surface area contributed by atoms with Gasteiger partial charge in [0.2, 0.25) is 0 Å². The zero-order valence-electron chi connectivity index (χ0n) is 18.9. The van der Waals surface area contributed by atoms with E-state index in [9.17, 15) is 9.59 Å². The number of hydrogen-bond acceptors (Lipinski definition) is 6. The van der Waals surface area contributed by atoms with Crippen molar-refractivity contribution in [1.82, 2.24) is 14.3 Å². The molecule has 0 spiro atoms. The number of allylic oxidation sites excluding steroid dienone is 1. The molecule has 0 fully saturated rings. The van der Waals surface area contributed by atoms with Crippen LogP contribution in [0.5, 0.6) is 0 Å². The molecule has 1 aliphatic heterocycles. The largest absolute Gasteiger partial charge is 0.463 e. The van der Waals surface area contributed by atoms with Crippen LogP contribution in [0.15, 0.2) is 51.4 Å². The first-order valence-electron chi connectivity index (χ1n) is 10.7. The molecule has 1 aliphatic rings. The van der Waals surface area contributed by atoms with Gasteiger partial charge in [-0.05, 0) is 46.3 Å². The first kappa shape index (κ1) is 22.0. The Kier molecular flexibility index (Phi) is 5.97. The van der Waals surface area contributed by atoms with E-state index >= 15 is 0 Å². The lowest BCUT2D eigenvalue weighted by Crippen LogP contribution is -2.39. The minimum atomic E-state index is -0.589. The van der Waals surface area contributed by atoms with Crippen LogP contribution in [0.1, 0.15) is 49.3 Å². The summed E-state index contributed by atoms with van der Waals surface area (Å²) in [6.45, 7) is 10.6. The molecule has 0 bridgehead atoms. The van der Waals surface area contributed by atoms with E-state index in [1.807, 2.05) is 61.9 Å². The van der Waals surface area contributed by atoms with E-state index in [4.69, 9.17) is 4.74 Å². The number of benzene rings is 1. The highest BCUT2D eigenvalue weighted by molar-refractivity contribution is 7.07. The van der Waals surface area contributed by atoms with Crippen LogP contribution in [0.2, 0.25) is 0 Å². The van der Waals surface area contributed by atoms with Crippen molar-refractivity contribution < 1.29 is 9.53 Å². The Bertz CT molecular complexity index is 1390. The van der Waals surface area contributed by atoms with Crippen molar-refractivity contribution in [3.8, 4) is 0 Å². The predicted octanol–water partition coefficient (Wildman–Crippen LogP) is 2.63. The summed E-state index contributed by atoms with van der Waals surface area (Å²) in [7, 11) is 0. The summed E-state index contributed by atoms with van der Waals surface area (Å²) in [5, 5.41) is 4.56. The Balaban J connectivity index is 1.97. The second-order valence-electron chi connectivity index (χ2n) is 7.61. The summed E-state index contributed by atoms with van der Waals surface area (Å²) in [5.74, 6) is -0.451. The number of thiazole rings is 1. The molecule has 0 N–H and O–H groups in total. The molecule has 8 heteroatoms. The van der Waals surface area contributed by atoms with Crippen LogP contribution in [0.25, 0.3) is 6.08 Å². The fourth-order valence-electron chi connectivity index (χ4n) is 4.10. The molecule has 0 amide bonds. The first-order valence-corrected chi connectivity index (χ1v) is 11.5. The van der Waals surface area contributed by atoms with Crippen LogP contribution >= 0.6 is 11.3 Å². The van der Waals surface area contributed by atoms with Crippen molar-refractivity contribution in [3.63, 3.8) is 0 Å². The lowest BCUT2D eigenvalue weighted by Gasteiger charge is -2.24. The van der Waals surface area contributed by atoms with Crippen LogP contribution in [-0.4, -0.2) is 26.9 Å². The molecule has 7 nitrogen and oxygen atoms in total. The van der Waals surface area contributed by atoms with Crippen molar-refractivity contribution in [2.24, 2.45) is 4.99 Å². The number of aromatic nitrogens is 3. The van der Waals surface area contributed by atoms with Gasteiger partial charge in [-0.3, -0.25) is 14.0 Å². The minimum absolute atomic E-state index is 0.181. The van der Waals surface area contributed by atoms with Crippen LogP contribution in [0.4, 0.5) is 0 Å². The fourth-order valence-corrected chi connectivity index (χ4v) is 5.13. The van der Waals surface area contributed by atoms with Crippen molar-refractivity contribution >= 4 is 23.4 Å². The Morgan fingerprint density at radius 3 is 2.53 bits per heavy atom. The maximum Gasteiger partial charge on any atom is 0.338 e. The summed E-state index contributed by atoms with van der Waals surface area (Å²) < 4.78 is 9.42. The third-order valence-electron chi connectivity index (χ3n) is 5.64. The molecule has 0 saturated carbocycles. The number of fused-ring (bicyclic) bond motifs is 1. The molecule has 3 heterocycles. The summed E-state index contributed by atoms with van der Waals surface area (Å²) >= 11 is 1.33. The normalized spacial score (nSPS) is 16.2. The molecule has 3 aromatic rings. The van der Waals surface area contributed by atoms with Crippen molar-refractivity contribution in [1.29, 1.82) is 0 Å². The molecule has 1 aromatic carbocycles. The second-order valence-corrected chi connectivity index (χ2v) is 8.62. The summed E-state index contributed by atoms with van der Waals surface area (Å²) in [5.41, 5.74) is 4.44. The highest BCUT2D eigenvalue weighted by Crippen LogP contribution is 2.30. The molecule has 32 heavy (non-hydrogen) atoms. The van der Waals surface area contributed by atoms with Gasteiger partial charge in [-0.2, -0.15) is 5.10 Å². The highest BCUT2D eigenvalue weighted by Gasteiger charge is 2.33. The SMILES string of the molecule is CCOC(=O)C1=C(C)N=c2s/c(=C\c3c(C)nn(CC)c3C)c(=O)n2[C@@H]1c1ccccc1. The summed E-state index contributed by atoms with van der Waals surface area (Å²) in [4.78, 5) is 31.7. The quantitative estimate of drug-likeness (QED) is 0.560. The molecule has 0 unspecified atom stereocenters. The molecule has 0 aliphatic carbocycles. The summed E-state index contributed by atoms with van der Waals surface area (Å²) in [6, 6.07) is 8.95. The number of esters is 1. The third kappa shape index (κ3) is 3.64. The van der Waals surface area contributed by atoms with Gasteiger partial charge >= 0.3 is 5.97 Å². The number of rotatable bonds is 5. The molecular weight excluding hydrogens is 424 g/mol. The van der Waals surface area contributed by atoms with Gasteiger partial charge in [-0.1, -0.05) is 41.7 Å². The molecule has 1 atom stereocenters. The van der Waals surface area contributed by atoms with Gasteiger partial charge in [0.15, 0.2) is 4.80 Å². The average Bonchev–Trinajstić information content (AvgIpc) is 3.23. The zero-order chi connectivity index (χ0) is 23.0. The molecular formula is C24H26N4O3S. The van der Waals surface area contributed by atoms with Gasteiger partial charge in [0.25, 0.3) is 5.56 Å². The van der Waals surface area contributed by atoms with Crippen LogP contribution in [-0.2, 0) is 16.1 Å². The standard InChI is InChI=1S/C24H26N4O3S/c1-6-27-16(5)18(14(3)26-27)13-19-22(29)28-21(17-11-9-8-10-12-17)20(23(30)31-7-2)15(4)25-24(28)32-19/h8-13,21H,6-7H2,1-5H3/b19-13-/t21-/m1/s1. The highest BCUT2D eigenvalue weighted by atomic mass is 32.1. The lowest BCUT2D eigenvalue weighted by atomic mass is 9.96. The predicted molar refractivity (Wildman–Crippen MR) is 124 cm³/mol. The van der Waals surface area contributed by atoms with E-state index in [2.05, 4.69) is 10.1 Å². The van der Waals surface area contributed by atoms with E-state index in [0.29, 0.717) is 20.6 Å². The molecule has 2 aromatic heterocycles. The number of carbonyl (C=O) groups excluding carboxylic acids is 1. The van der Waals surface area contributed by atoms with E-state index in [1.54, 1.807) is 18.4 Å². The molecule has 0 radical (unpaired) electrons. The van der Waals surface area contributed by atoms with Gasteiger partial charge < -0.3 is 4.74 Å². The maximum atomic E-state index is 13.6. The number of nitrogens with zero attached hydrogens (tertiary/aromatic N) is 4. The number of carbonyl (C=O) groups is 1. The number of hydrogen-bond donors (Lipinski definition) is 0. The van der Waals surface area contributed by atoms with Gasteiger partial charge in [-0.15, -0.1) is 0 Å². The Hall–Kier alpha value is -3.26. The van der Waals surface area contributed by atoms with E-state index in [1.165, 1.54) is 11.3 Å². The van der Waals surface area contributed by atoms with Crippen LogP contribution < -0.4 is 14.9 Å². The van der Waals surface area contributed by atoms with E-state index in [0.717, 1.165) is 29.1 Å². The van der Waals surface area contributed by atoms with Gasteiger partial charge in [0.1, 0.15) is 0 Å². The average molecular weight is 451 g/mol. The lowest BCUT2D eigenvalue weighted by molar-refractivity contribution is -0.139. The first-order chi connectivity index (χ1) is 15.4. The minimum Gasteiger partial charge on any atom is -0.463 e. The van der Waals surface area contributed by atoms with Crippen LogP contribution in [0, 0.1) is 13.8 Å². The van der Waals surface area contributed by atoms with Crippen molar-refractivity contribution in [3.05, 3.63) is 83.8 Å². The van der Waals surface area contributed by atoms with Crippen LogP contribution in [0.3, 0.4) is 0 Å². The monoisotopic (exact) mass is 450 g/mol. The second kappa shape index (κ2) is 8.70. The van der Waals surface area contributed by atoms with Gasteiger partial charge in [0, 0.05) is 17.8 Å². The Morgan fingerprint density at radius 2 is 1.91 bits per heavy atom. The number of ether oxygens (including phenoxy) is 1. The van der Waals surface area contributed by atoms with E-state index in [-0.39, 0.29) is 12.2 Å². The molecule has 0 saturated heterocycles.